The maximum Gasteiger partial charge on any atom is 0.169 e. The summed E-state index contributed by atoms with van der Waals surface area (Å²) < 4.78 is 12.0. The Bertz CT molecular complexity index is 321. The molecule has 0 radical (unpaired) electrons. The van der Waals surface area contributed by atoms with Crippen molar-refractivity contribution in [2.45, 2.75) is 44.8 Å². The fourth-order valence-corrected chi connectivity index (χ4v) is 2.53. The van der Waals surface area contributed by atoms with Gasteiger partial charge in [-0.15, -0.1) is 0 Å². The molecule has 0 atom stereocenters. The maximum atomic E-state index is 5.82. The van der Waals surface area contributed by atoms with Crippen molar-refractivity contribution in [1.29, 1.82) is 0 Å². The molecular formula is C13H20BrNO2. The summed E-state index contributed by atoms with van der Waals surface area (Å²) in [4.78, 5) is 0. The third-order valence-electron chi connectivity index (χ3n) is 3.11. The minimum absolute atomic E-state index is 0.503. The summed E-state index contributed by atoms with van der Waals surface area (Å²) in [5.41, 5.74) is 0. The molecule has 0 spiro atoms. The molecule has 96 valence electrons. The van der Waals surface area contributed by atoms with Crippen LogP contribution in [-0.2, 0) is 11.3 Å². The molecule has 1 heterocycles. The molecule has 0 saturated heterocycles. The Morgan fingerprint density at radius 3 is 2.82 bits per heavy atom. The Morgan fingerprint density at radius 1 is 1.29 bits per heavy atom. The van der Waals surface area contributed by atoms with Crippen LogP contribution in [0.3, 0.4) is 0 Å². The molecule has 1 fully saturated rings. The van der Waals surface area contributed by atoms with Crippen LogP contribution in [0.15, 0.2) is 21.2 Å². The van der Waals surface area contributed by atoms with Crippen LogP contribution in [0.5, 0.6) is 0 Å². The highest BCUT2D eigenvalue weighted by Crippen LogP contribution is 2.19. The van der Waals surface area contributed by atoms with Crippen LogP contribution in [0, 0.1) is 0 Å². The second kappa shape index (κ2) is 7.19. The lowest BCUT2D eigenvalue weighted by molar-refractivity contribution is 0.0301. The first-order valence-electron chi connectivity index (χ1n) is 6.41. The Hall–Kier alpha value is -0.320. The minimum atomic E-state index is 0.503. The summed E-state index contributed by atoms with van der Waals surface area (Å²) in [7, 11) is 0. The quantitative estimate of drug-likeness (QED) is 0.817. The standard InChI is InChI=1S/C13H20BrNO2/c14-13-7-6-12(17-13)10-15-8-9-16-11-4-2-1-3-5-11/h6-7,11,15H,1-5,8-10H2. The van der Waals surface area contributed by atoms with Gasteiger partial charge in [0.1, 0.15) is 5.76 Å². The molecule has 0 amide bonds. The average molecular weight is 302 g/mol. The Balaban J connectivity index is 1.51. The lowest BCUT2D eigenvalue weighted by Gasteiger charge is -2.21. The highest BCUT2D eigenvalue weighted by molar-refractivity contribution is 9.10. The summed E-state index contributed by atoms with van der Waals surface area (Å²) in [6.07, 6.45) is 7.03. The number of ether oxygens (including phenoxy) is 1. The predicted octanol–water partition coefficient (Wildman–Crippen LogP) is 3.48. The molecule has 0 bridgehead atoms. The van der Waals surface area contributed by atoms with Gasteiger partial charge in [-0.3, -0.25) is 0 Å². The fourth-order valence-electron chi connectivity index (χ4n) is 2.19. The molecular weight excluding hydrogens is 282 g/mol. The van der Waals surface area contributed by atoms with Crippen molar-refractivity contribution in [2.24, 2.45) is 0 Å². The van der Waals surface area contributed by atoms with Crippen molar-refractivity contribution in [3.8, 4) is 0 Å². The lowest BCUT2D eigenvalue weighted by Crippen LogP contribution is -2.24. The molecule has 4 heteroatoms. The number of halogens is 1. The molecule has 0 aliphatic heterocycles. The van der Waals surface area contributed by atoms with Gasteiger partial charge in [0.25, 0.3) is 0 Å². The van der Waals surface area contributed by atoms with Gasteiger partial charge in [0.2, 0.25) is 0 Å². The van der Waals surface area contributed by atoms with E-state index < -0.39 is 0 Å². The normalized spacial score (nSPS) is 17.5. The van der Waals surface area contributed by atoms with E-state index in [1.807, 2.05) is 12.1 Å². The van der Waals surface area contributed by atoms with E-state index in [9.17, 15) is 0 Å². The second-order valence-corrected chi connectivity index (χ2v) is 5.29. The number of rotatable bonds is 6. The SMILES string of the molecule is Brc1ccc(CNCCOC2CCCCC2)o1. The third-order valence-corrected chi connectivity index (χ3v) is 3.54. The predicted molar refractivity (Wildman–Crippen MR) is 70.9 cm³/mol. The molecule has 17 heavy (non-hydrogen) atoms. The van der Waals surface area contributed by atoms with E-state index >= 15 is 0 Å². The molecule has 2 rings (SSSR count). The summed E-state index contributed by atoms with van der Waals surface area (Å²) in [5.74, 6) is 0.953. The van der Waals surface area contributed by atoms with Crippen LogP contribution in [-0.4, -0.2) is 19.3 Å². The summed E-state index contributed by atoms with van der Waals surface area (Å²) in [6, 6.07) is 3.88. The van der Waals surface area contributed by atoms with Gasteiger partial charge in [0, 0.05) is 6.54 Å². The minimum Gasteiger partial charge on any atom is -0.453 e. The second-order valence-electron chi connectivity index (χ2n) is 4.51. The summed E-state index contributed by atoms with van der Waals surface area (Å²) >= 11 is 3.29. The molecule has 0 unspecified atom stereocenters. The number of hydrogen-bond acceptors (Lipinski definition) is 3. The molecule has 1 aliphatic rings. The number of hydrogen-bond donors (Lipinski definition) is 1. The molecule has 0 aromatic carbocycles. The van der Waals surface area contributed by atoms with Gasteiger partial charge in [-0.05, 0) is 40.9 Å². The van der Waals surface area contributed by atoms with E-state index in [4.69, 9.17) is 9.15 Å². The van der Waals surface area contributed by atoms with Crippen LogP contribution in [0.2, 0.25) is 0 Å². The van der Waals surface area contributed by atoms with E-state index in [2.05, 4.69) is 21.2 Å². The summed E-state index contributed by atoms with van der Waals surface area (Å²) in [6.45, 7) is 2.45. The molecule has 1 aliphatic carbocycles. The van der Waals surface area contributed by atoms with Gasteiger partial charge >= 0.3 is 0 Å². The molecule has 1 aromatic rings. The molecule has 1 aromatic heterocycles. The van der Waals surface area contributed by atoms with Crippen molar-refractivity contribution < 1.29 is 9.15 Å². The van der Waals surface area contributed by atoms with Crippen molar-refractivity contribution in [1.82, 2.24) is 5.32 Å². The Morgan fingerprint density at radius 2 is 2.12 bits per heavy atom. The van der Waals surface area contributed by atoms with Crippen molar-refractivity contribution in [3.05, 3.63) is 22.6 Å². The topological polar surface area (TPSA) is 34.4 Å². The largest absolute Gasteiger partial charge is 0.453 e. The summed E-state index contributed by atoms with van der Waals surface area (Å²) in [5, 5.41) is 3.32. The Labute approximate surface area is 111 Å². The van der Waals surface area contributed by atoms with Gasteiger partial charge in [-0.2, -0.15) is 0 Å². The van der Waals surface area contributed by atoms with Crippen LogP contribution < -0.4 is 5.32 Å². The van der Waals surface area contributed by atoms with Gasteiger partial charge in [-0.1, -0.05) is 19.3 Å². The zero-order chi connectivity index (χ0) is 11.9. The molecule has 3 nitrogen and oxygen atoms in total. The zero-order valence-corrected chi connectivity index (χ0v) is 11.7. The maximum absolute atomic E-state index is 5.82. The van der Waals surface area contributed by atoms with E-state index in [1.54, 1.807) is 0 Å². The zero-order valence-electron chi connectivity index (χ0n) is 10.1. The van der Waals surface area contributed by atoms with Gasteiger partial charge in [-0.25, -0.2) is 0 Å². The van der Waals surface area contributed by atoms with Crippen LogP contribution in [0.25, 0.3) is 0 Å². The van der Waals surface area contributed by atoms with E-state index in [0.29, 0.717) is 6.10 Å². The van der Waals surface area contributed by atoms with E-state index in [1.165, 1.54) is 32.1 Å². The first-order chi connectivity index (χ1) is 8.34. The average Bonchev–Trinajstić information content (AvgIpc) is 2.76. The van der Waals surface area contributed by atoms with Gasteiger partial charge in [0.05, 0.1) is 19.3 Å². The lowest BCUT2D eigenvalue weighted by atomic mass is 9.98. The monoisotopic (exact) mass is 301 g/mol. The van der Waals surface area contributed by atoms with Crippen molar-refractivity contribution in [3.63, 3.8) is 0 Å². The molecule has 1 saturated carbocycles. The fraction of sp³-hybridized carbons (Fsp3) is 0.692. The highest BCUT2D eigenvalue weighted by atomic mass is 79.9. The third kappa shape index (κ3) is 4.82. The van der Waals surface area contributed by atoms with Gasteiger partial charge in [0.15, 0.2) is 4.67 Å². The van der Waals surface area contributed by atoms with Crippen LogP contribution >= 0.6 is 15.9 Å². The van der Waals surface area contributed by atoms with E-state index in [-0.39, 0.29) is 0 Å². The number of furan rings is 1. The van der Waals surface area contributed by atoms with E-state index in [0.717, 1.165) is 30.1 Å². The van der Waals surface area contributed by atoms with Crippen LogP contribution in [0.4, 0.5) is 0 Å². The molecule has 1 N–H and O–H groups in total. The number of nitrogens with one attached hydrogen (secondary N) is 1. The van der Waals surface area contributed by atoms with Crippen molar-refractivity contribution >= 4 is 15.9 Å². The van der Waals surface area contributed by atoms with Crippen LogP contribution in [0.1, 0.15) is 37.9 Å². The van der Waals surface area contributed by atoms with Gasteiger partial charge < -0.3 is 14.5 Å². The highest BCUT2D eigenvalue weighted by Gasteiger charge is 2.12. The first kappa shape index (κ1) is 13.1. The Kier molecular flexibility index (Phi) is 5.55. The first-order valence-corrected chi connectivity index (χ1v) is 7.20. The smallest absolute Gasteiger partial charge is 0.169 e. The van der Waals surface area contributed by atoms with Crippen molar-refractivity contribution in [2.75, 3.05) is 13.2 Å².